The highest BCUT2D eigenvalue weighted by atomic mass is 79.9. The quantitative estimate of drug-likeness (QED) is 0.830. The van der Waals surface area contributed by atoms with Crippen molar-refractivity contribution < 1.29 is 4.39 Å². The van der Waals surface area contributed by atoms with Gasteiger partial charge < -0.3 is 4.57 Å². The number of pyridine rings is 1. The molecule has 0 N–H and O–H groups in total. The van der Waals surface area contributed by atoms with Crippen LogP contribution in [0.5, 0.6) is 0 Å². The zero-order valence-electron chi connectivity index (χ0n) is 8.36. The van der Waals surface area contributed by atoms with Crippen LogP contribution >= 0.6 is 15.9 Å². The summed E-state index contributed by atoms with van der Waals surface area (Å²) in [6.45, 7) is 0.229. The van der Waals surface area contributed by atoms with Crippen molar-refractivity contribution in [3.05, 3.63) is 68.8 Å². The minimum Gasteiger partial charge on any atom is -0.311 e. The molecule has 2 rings (SSSR count). The molecule has 2 nitrogen and oxygen atoms in total. The van der Waals surface area contributed by atoms with E-state index in [2.05, 4.69) is 15.9 Å². The number of halogens is 2. The van der Waals surface area contributed by atoms with Gasteiger partial charge in [0.1, 0.15) is 5.82 Å². The van der Waals surface area contributed by atoms with Crippen LogP contribution in [-0.4, -0.2) is 4.57 Å². The summed E-state index contributed by atoms with van der Waals surface area (Å²) in [5.74, 6) is -0.315. The summed E-state index contributed by atoms with van der Waals surface area (Å²) in [5.41, 5.74) is 0.341. The van der Waals surface area contributed by atoms with E-state index in [1.165, 1.54) is 16.7 Å². The summed E-state index contributed by atoms with van der Waals surface area (Å²) in [7, 11) is 0. The summed E-state index contributed by atoms with van der Waals surface area (Å²) in [5, 5.41) is 0. The zero-order chi connectivity index (χ0) is 11.5. The molecule has 0 spiro atoms. The highest BCUT2D eigenvalue weighted by molar-refractivity contribution is 9.10. The van der Waals surface area contributed by atoms with Gasteiger partial charge >= 0.3 is 0 Å². The Morgan fingerprint density at radius 2 is 2.00 bits per heavy atom. The predicted octanol–water partition coefficient (Wildman–Crippen LogP) is 2.80. The summed E-state index contributed by atoms with van der Waals surface area (Å²) >= 11 is 3.27. The van der Waals surface area contributed by atoms with Gasteiger partial charge in [-0.1, -0.05) is 28.1 Å². The molecule has 82 valence electrons. The van der Waals surface area contributed by atoms with Crippen LogP contribution < -0.4 is 5.56 Å². The van der Waals surface area contributed by atoms with Gasteiger partial charge in [-0.25, -0.2) is 4.39 Å². The van der Waals surface area contributed by atoms with Crippen LogP contribution in [0.3, 0.4) is 0 Å². The molecule has 0 saturated heterocycles. The minimum absolute atomic E-state index is 0.141. The van der Waals surface area contributed by atoms with Crippen LogP contribution in [0.25, 0.3) is 0 Å². The van der Waals surface area contributed by atoms with Crippen molar-refractivity contribution in [3.8, 4) is 0 Å². The SMILES string of the molecule is O=c1ccccn1Cc1c(F)cccc1Br. The second-order valence-corrected chi connectivity index (χ2v) is 4.22. The molecule has 2 aromatic rings. The Bertz CT molecular complexity index is 545. The van der Waals surface area contributed by atoms with E-state index in [4.69, 9.17) is 0 Å². The van der Waals surface area contributed by atoms with E-state index in [-0.39, 0.29) is 17.9 Å². The molecule has 0 aliphatic carbocycles. The maximum absolute atomic E-state index is 13.5. The van der Waals surface area contributed by atoms with Gasteiger partial charge in [0.2, 0.25) is 0 Å². The lowest BCUT2D eigenvalue weighted by Gasteiger charge is -2.08. The molecule has 0 radical (unpaired) electrons. The largest absolute Gasteiger partial charge is 0.311 e. The molecule has 1 aromatic carbocycles. The van der Waals surface area contributed by atoms with Crippen molar-refractivity contribution in [2.24, 2.45) is 0 Å². The van der Waals surface area contributed by atoms with Crippen molar-refractivity contribution in [2.75, 3.05) is 0 Å². The van der Waals surface area contributed by atoms with Gasteiger partial charge in [-0.15, -0.1) is 0 Å². The lowest BCUT2D eigenvalue weighted by Crippen LogP contribution is -2.19. The topological polar surface area (TPSA) is 22.0 Å². The molecule has 0 saturated carbocycles. The summed E-state index contributed by atoms with van der Waals surface area (Å²) in [4.78, 5) is 11.5. The van der Waals surface area contributed by atoms with E-state index in [1.807, 2.05) is 0 Å². The van der Waals surface area contributed by atoms with E-state index < -0.39 is 0 Å². The van der Waals surface area contributed by atoms with Crippen molar-refractivity contribution in [3.63, 3.8) is 0 Å². The van der Waals surface area contributed by atoms with Gasteiger partial charge in [-0.3, -0.25) is 4.79 Å². The maximum Gasteiger partial charge on any atom is 0.250 e. The average molecular weight is 282 g/mol. The fraction of sp³-hybridized carbons (Fsp3) is 0.0833. The third-order valence-corrected chi connectivity index (χ3v) is 3.03. The number of rotatable bonds is 2. The van der Waals surface area contributed by atoms with E-state index >= 15 is 0 Å². The zero-order valence-corrected chi connectivity index (χ0v) is 9.95. The molecule has 0 amide bonds. The van der Waals surface area contributed by atoms with Crippen LogP contribution in [0.15, 0.2) is 51.9 Å². The second-order valence-electron chi connectivity index (χ2n) is 3.37. The first-order valence-electron chi connectivity index (χ1n) is 4.77. The van der Waals surface area contributed by atoms with Gasteiger partial charge in [0, 0.05) is 22.3 Å². The van der Waals surface area contributed by atoms with Gasteiger partial charge in [0.25, 0.3) is 5.56 Å². The summed E-state index contributed by atoms with van der Waals surface area (Å²) in [6, 6.07) is 9.62. The fourth-order valence-corrected chi connectivity index (χ4v) is 1.91. The molecule has 0 aliphatic heterocycles. The van der Waals surface area contributed by atoms with Gasteiger partial charge in [0.15, 0.2) is 0 Å². The Balaban J connectivity index is 2.42. The molecular weight excluding hydrogens is 273 g/mol. The number of benzene rings is 1. The number of hydrogen-bond acceptors (Lipinski definition) is 1. The molecule has 4 heteroatoms. The number of hydrogen-bond donors (Lipinski definition) is 0. The Morgan fingerprint density at radius 1 is 1.19 bits per heavy atom. The molecule has 0 unspecified atom stereocenters. The molecule has 16 heavy (non-hydrogen) atoms. The second kappa shape index (κ2) is 4.61. The van der Waals surface area contributed by atoms with Gasteiger partial charge in [-0.05, 0) is 18.2 Å². The highest BCUT2D eigenvalue weighted by Crippen LogP contribution is 2.19. The molecular formula is C12H9BrFNO. The Morgan fingerprint density at radius 3 is 2.69 bits per heavy atom. The number of aromatic nitrogens is 1. The minimum atomic E-state index is -0.315. The van der Waals surface area contributed by atoms with Crippen LogP contribution in [0.2, 0.25) is 0 Å². The highest BCUT2D eigenvalue weighted by Gasteiger charge is 2.07. The van der Waals surface area contributed by atoms with E-state index in [1.54, 1.807) is 30.5 Å². The van der Waals surface area contributed by atoms with E-state index in [9.17, 15) is 9.18 Å². The van der Waals surface area contributed by atoms with Crippen molar-refractivity contribution in [1.29, 1.82) is 0 Å². The summed E-state index contributed by atoms with van der Waals surface area (Å²) in [6.07, 6.45) is 1.64. The van der Waals surface area contributed by atoms with E-state index in [0.29, 0.717) is 10.0 Å². The van der Waals surface area contributed by atoms with Crippen LogP contribution in [0.1, 0.15) is 5.56 Å². The van der Waals surface area contributed by atoms with Gasteiger partial charge in [0.05, 0.1) is 6.54 Å². The third kappa shape index (κ3) is 2.22. The summed E-state index contributed by atoms with van der Waals surface area (Å²) < 4.78 is 15.7. The lowest BCUT2D eigenvalue weighted by molar-refractivity contribution is 0.594. The molecule has 1 aromatic heterocycles. The molecule has 0 atom stereocenters. The van der Waals surface area contributed by atoms with Gasteiger partial charge in [-0.2, -0.15) is 0 Å². The van der Waals surface area contributed by atoms with Crippen molar-refractivity contribution >= 4 is 15.9 Å². The molecule has 0 fully saturated rings. The van der Waals surface area contributed by atoms with E-state index in [0.717, 1.165) is 0 Å². The van der Waals surface area contributed by atoms with Crippen LogP contribution in [-0.2, 0) is 6.54 Å². The predicted molar refractivity (Wildman–Crippen MR) is 63.9 cm³/mol. The third-order valence-electron chi connectivity index (χ3n) is 2.29. The molecule has 1 heterocycles. The number of nitrogens with zero attached hydrogens (tertiary/aromatic N) is 1. The fourth-order valence-electron chi connectivity index (χ4n) is 1.45. The maximum atomic E-state index is 13.5. The van der Waals surface area contributed by atoms with Crippen LogP contribution in [0, 0.1) is 5.82 Å². The monoisotopic (exact) mass is 281 g/mol. The first-order valence-corrected chi connectivity index (χ1v) is 5.56. The lowest BCUT2D eigenvalue weighted by atomic mass is 10.2. The normalized spacial score (nSPS) is 10.4. The average Bonchev–Trinajstić information content (AvgIpc) is 2.26. The Labute approximate surface area is 100 Å². The Kier molecular flexibility index (Phi) is 3.19. The Hall–Kier alpha value is -1.42. The first kappa shape index (κ1) is 11.1. The molecule has 0 aliphatic rings. The van der Waals surface area contributed by atoms with Crippen molar-refractivity contribution in [2.45, 2.75) is 6.54 Å². The van der Waals surface area contributed by atoms with Crippen molar-refractivity contribution in [1.82, 2.24) is 4.57 Å². The smallest absolute Gasteiger partial charge is 0.250 e. The molecule has 0 bridgehead atoms. The standard InChI is InChI=1S/C12H9BrFNO/c13-10-4-3-5-11(14)9(10)8-15-7-2-1-6-12(15)16/h1-7H,8H2. The van der Waals surface area contributed by atoms with Crippen LogP contribution in [0.4, 0.5) is 4.39 Å². The first-order chi connectivity index (χ1) is 7.68.